The molecule has 0 aliphatic carbocycles. The first-order chi connectivity index (χ1) is 13.9. The van der Waals surface area contributed by atoms with Gasteiger partial charge in [-0.1, -0.05) is 67.9 Å². The van der Waals surface area contributed by atoms with Gasteiger partial charge in [0.15, 0.2) is 0 Å². The molecule has 2 heterocycles. The first-order valence-electron chi connectivity index (χ1n) is 9.86. The predicted molar refractivity (Wildman–Crippen MR) is 115 cm³/mol. The van der Waals surface area contributed by atoms with Crippen LogP contribution in [-0.4, -0.2) is 19.3 Å². The van der Waals surface area contributed by atoms with Crippen LogP contribution < -0.4 is 5.56 Å². The van der Waals surface area contributed by atoms with Crippen molar-refractivity contribution in [3.05, 3.63) is 94.0 Å². The van der Waals surface area contributed by atoms with Crippen molar-refractivity contribution in [2.75, 3.05) is 0 Å². The fourth-order valence-electron chi connectivity index (χ4n) is 3.43. The van der Waals surface area contributed by atoms with Crippen molar-refractivity contribution in [1.82, 2.24) is 14.2 Å². The summed E-state index contributed by atoms with van der Waals surface area (Å²) in [6.07, 6.45) is 2.68. The number of nitrogens with zero attached hydrogens (tertiary/aromatic N) is 3. The van der Waals surface area contributed by atoms with Crippen molar-refractivity contribution in [3.63, 3.8) is 0 Å². The smallest absolute Gasteiger partial charge is 0.276 e. The van der Waals surface area contributed by atoms with E-state index in [1.165, 1.54) is 10.1 Å². The Labute approximate surface area is 169 Å². The molecule has 148 valence electrons. The molecule has 0 aliphatic rings. The SMILES string of the molecule is Cc1ccc(C(O)Cn2ccn3nc(-c4ccc(C(C)C)cc4)cc3c2=O)cc1. The molecule has 0 amide bonds. The summed E-state index contributed by atoms with van der Waals surface area (Å²) in [6, 6.07) is 17.8. The van der Waals surface area contributed by atoms with Crippen LogP contribution in [0.3, 0.4) is 0 Å². The van der Waals surface area contributed by atoms with Crippen molar-refractivity contribution >= 4 is 5.52 Å². The lowest BCUT2D eigenvalue weighted by molar-refractivity contribution is 0.155. The number of hydrogen-bond donors (Lipinski definition) is 1. The van der Waals surface area contributed by atoms with E-state index in [0.29, 0.717) is 11.4 Å². The average Bonchev–Trinajstić information content (AvgIpc) is 3.16. The topological polar surface area (TPSA) is 59.5 Å². The molecule has 5 nitrogen and oxygen atoms in total. The molecule has 2 aromatic carbocycles. The summed E-state index contributed by atoms with van der Waals surface area (Å²) < 4.78 is 3.13. The highest BCUT2D eigenvalue weighted by molar-refractivity contribution is 5.65. The zero-order chi connectivity index (χ0) is 20.5. The Morgan fingerprint density at radius 3 is 2.28 bits per heavy atom. The van der Waals surface area contributed by atoms with Gasteiger partial charge in [0.25, 0.3) is 5.56 Å². The van der Waals surface area contributed by atoms with Crippen LogP contribution in [0.1, 0.15) is 42.6 Å². The van der Waals surface area contributed by atoms with Gasteiger partial charge in [0.05, 0.1) is 18.3 Å². The van der Waals surface area contributed by atoms with Crippen LogP contribution in [0.25, 0.3) is 16.8 Å². The van der Waals surface area contributed by atoms with E-state index in [-0.39, 0.29) is 12.1 Å². The van der Waals surface area contributed by atoms with Crippen LogP contribution in [0, 0.1) is 6.92 Å². The molecular formula is C24H25N3O2. The number of aryl methyl sites for hydroxylation is 1. The Morgan fingerprint density at radius 2 is 1.62 bits per heavy atom. The molecular weight excluding hydrogens is 362 g/mol. The highest BCUT2D eigenvalue weighted by Crippen LogP contribution is 2.22. The number of aliphatic hydroxyl groups excluding tert-OH is 1. The lowest BCUT2D eigenvalue weighted by Crippen LogP contribution is -2.24. The van der Waals surface area contributed by atoms with Crippen molar-refractivity contribution in [3.8, 4) is 11.3 Å². The molecule has 0 saturated heterocycles. The molecule has 29 heavy (non-hydrogen) atoms. The predicted octanol–water partition coefficient (Wildman–Crippen LogP) is 4.33. The van der Waals surface area contributed by atoms with Crippen LogP contribution in [0.5, 0.6) is 0 Å². The van der Waals surface area contributed by atoms with Gasteiger partial charge in [-0.3, -0.25) is 4.79 Å². The zero-order valence-electron chi connectivity index (χ0n) is 16.9. The molecule has 1 N–H and O–H groups in total. The lowest BCUT2D eigenvalue weighted by atomic mass is 10.0. The Morgan fingerprint density at radius 1 is 0.966 bits per heavy atom. The maximum absolute atomic E-state index is 12.9. The molecule has 0 fully saturated rings. The molecule has 0 bridgehead atoms. The molecule has 4 rings (SSSR count). The third kappa shape index (κ3) is 3.87. The van der Waals surface area contributed by atoms with Gasteiger partial charge in [0, 0.05) is 18.0 Å². The standard InChI is InChI=1S/C24H25N3O2/c1-16(2)18-8-10-19(11-9-18)21-14-22-24(29)26(12-13-27(22)25-21)15-23(28)20-6-4-17(3)5-7-20/h4-14,16,23,28H,15H2,1-3H3. The molecule has 0 spiro atoms. The van der Waals surface area contributed by atoms with E-state index in [0.717, 1.165) is 22.4 Å². The van der Waals surface area contributed by atoms with E-state index in [1.807, 2.05) is 49.4 Å². The molecule has 0 radical (unpaired) electrons. The molecule has 1 unspecified atom stereocenters. The minimum atomic E-state index is -0.748. The van der Waals surface area contributed by atoms with Crippen molar-refractivity contribution in [1.29, 1.82) is 0 Å². The van der Waals surface area contributed by atoms with E-state index in [9.17, 15) is 9.90 Å². The summed E-state index contributed by atoms with van der Waals surface area (Å²) in [5.41, 5.74) is 5.25. The van der Waals surface area contributed by atoms with Gasteiger partial charge in [-0.05, 0) is 30.0 Å². The number of hydrogen-bond acceptors (Lipinski definition) is 3. The quantitative estimate of drug-likeness (QED) is 0.554. The molecule has 1 atom stereocenters. The monoisotopic (exact) mass is 387 g/mol. The zero-order valence-corrected chi connectivity index (χ0v) is 16.9. The van der Waals surface area contributed by atoms with Gasteiger partial charge >= 0.3 is 0 Å². The van der Waals surface area contributed by atoms with Gasteiger partial charge in [0.2, 0.25) is 0 Å². The van der Waals surface area contributed by atoms with Crippen molar-refractivity contribution in [2.24, 2.45) is 0 Å². The maximum Gasteiger partial charge on any atom is 0.276 e. The van der Waals surface area contributed by atoms with E-state index in [4.69, 9.17) is 0 Å². The first kappa shape index (κ1) is 19.2. The number of aromatic nitrogens is 3. The highest BCUT2D eigenvalue weighted by atomic mass is 16.3. The van der Waals surface area contributed by atoms with Crippen LogP contribution in [-0.2, 0) is 6.54 Å². The van der Waals surface area contributed by atoms with Gasteiger partial charge < -0.3 is 9.67 Å². The van der Waals surface area contributed by atoms with Crippen LogP contribution in [0.15, 0.2) is 71.8 Å². The van der Waals surface area contributed by atoms with Gasteiger partial charge in [-0.25, -0.2) is 4.52 Å². The van der Waals surface area contributed by atoms with Gasteiger partial charge in [-0.15, -0.1) is 0 Å². The summed E-state index contributed by atoms with van der Waals surface area (Å²) in [6.45, 7) is 6.52. The Bertz CT molecular complexity index is 1190. The van der Waals surface area contributed by atoms with E-state index in [2.05, 4.69) is 31.1 Å². The summed E-state index contributed by atoms with van der Waals surface area (Å²) in [7, 11) is 0. The summed E-state index contributed by atoms with van der Waals surface area (Å²) in [5, 5.41) is 15.1. The van der Waals surface area contributed by atoms with E-state index in [1.54, 1.807) is 16.9 Å². The third-order valence-electron chi connectivity index (χ3n) is 5.31. The number of rotatable bonds is 5. The van der Waals surface area contributed by atoms with E-state index < -0.39 is 6.10 Å². The fourth-order valence-corrected chi connectivity index (χ4v) is 3.43. The van der Waals surface area contributed by atoms with Gasteiger partial charge in [-0.2, -0.15) is 5.10 Å². The highest BCUT2D eigenvalue weighted by Gasteiger charge is 2.13. The largest absolute Gasteiger partial charge is 0.387 e. The number of fused-ring (bicyclic) bond motifs is 1. The Hall–Kier alpha value is -3.18. The second-order valence-corrected chi connectivity index (χ2v) is 7.82. The molecule has 4 aromatic rings. The fraction of sp³-hybridized carbons (Fsp3) is 0.250. The molecule has 0 saturated carbocycles. The minimum Gasteiger partial charge on any atom is -0.387 e. The number of aliphatic hydroxyl groups is 1. The first-order valence-corrected chi connectivity index (χ1v) is 9.86. The second kappa shape index (κ2) is 7.68. The Balaban J connectivity index is 1.63. The summed E-state index contributed by atoms with van der Waals surface area (Å²) >= 11 is 0. The van der Waals surface area contributed by atoms with Crippen molar-refractivity contribution in [2.45, 2.75) is 39.3 Å². The third-order valence-corrected chi connectivity index (χ3v) is 5.31. The minimum absolute atomic E-state index is 0.170. The molecule has 0 aliphatic heterocycles. The van der Waals surface area contributed by atoms with Crippen LogP contribution in [0.4, 0.5) is 0 Å². The normalized spacial score (nSPS) is 12.6. The Kier molecular flexibility index (Phi) is 5.07. The molecule has 5 heteroatoms. The maximum atomic E-state index is 12.9. The lowest BCUT2D eigenvalue weighted by Gasteiger charge is -2.13. The average molecular weight is 387 g/mol. The second-order valence-electron chi connectivity index (χ2n) is 7.82. The summed E-state index contributed by atoms with van der Waals surface area (Å²) in [5.74, 6) is 0.470. The van der Waals surface area contributed by atoms with Gasteiger partial charge in [0.1, 0.15) is 5.52 Å². The van der Waals surface area contributed by atoms with Crippen molar-refractivity contribution < 1.29 is 5.11 Å². The number of benzene rings is 2. The molecule has 2 aromatic heterocycles. The van der Waals surface area contributed by atoms with E-state index >= 15 is 0 Å². The van der Waals surface area contributed by atoms with Crippen LogP contribution in [0.2, 0.25) is 0 Å². The summed E-state index contributed by atoms with van der Waals surface area (Å²) in [4.78, 5) is 12.9. The van der Waals surface area contributed by atoms with Crippen LogP contribution >= 0.6 is 0 Å².